The molecule has 3 nitrogen and oxygen atoms in total. The molecule has 0 saturated heterocycles. The maximum absolute atomic E-state index is 12.2. The van der Waals surface area contributed by atoms with Crippen molar-refractivity contribution in [3.05, 3.63) is 0 Å². The molecule has 0 aromatic rings. The molecule has 0 saturated carbocycles. The standard InChI is InChI=1S/C26H52O3/c1-4-7-9-11-12-13-14-15-16-17-18-19-20-22-24-26(28,25(27)29-6-3)23-21-10-8-5-2/h28H,4-24H2,1-3H3. The molecule has 174 valence electrons. The number of rotatable bonds is 22. The van der Waals surface area contributed by atoms with Crippen LogP contribution in [-0.4, -0.2) is 23.3 Å². The van der Waals surface area contributed by atoms with Gasteiger partial charge in [-0.1, -0.05) is 117 Å². The Labute approximate surface area is 182 Å². The fraction of sp³-hybridized carbons (Fsp3) is 0.962. The molecule has 0 amide bonds. The number of aliphatic hydroxyl groups is 1. The topological polar surface area (TPSA) is 46.5 Å². The Morgan fingerprint density at radius 2 is 0.897 bits per heavy atom. The van der Waals surface area contributed by atoms with Gasteiger partial charge in [-0.3, -0.25) is 0 Å². The molecule has 0 bridgehead atoms. The molecule has 0 fully saturated rings. The zero-order chi connectivity index (χ0) is 21.6. The summed E-state index contributed by atoms with van der Waals surface area (Å²) in [6, 6.07) is 0. The largest absolute Gasteiger partial charge is 0.464 e. The van der Waals surface area contributed by atoms with E-state index in [-0.39, 0.29) is 0 Å². The predicted molar refractivity (Wildman–Crippen MR) is 125 cm³/mol. The van der Waals surface area contributed by atoms with Crippen LogP contribution in [0, 0.1) is 0 Å². The summed E-state index contributed by atoms with van der Waals surface area (Å²) in [5, 5.41) is 10.8. The molecular formula is C26H52O3. The first-order chi connectivity index (χ1) is 14.1. The molecule has 29 heavy (non-hydrogen) atoms. The summed E-state index contributed by atoms with van der Waals surface area (Å²) >= 11 is 0. The van der Waals surface area contributed by atoms with Crippen LogP contribution >= 0.6 is 0 Å². The van der Waals surface area contributed by atoms with E-state index in [1.807, 2.05) is 6.92 Å². The van der Waals surface area contributed by atoms with Gasteiger partial charge in [-0.05, 0) is 32.6 Å². The van der Waals surface area contributed by atoms with Crippen LogP contribution in [0.1, 0.15) is 149 Å². The van der Waals surface area contributed by atoms with E-state index in [1.165, 1.54) is 77.0 Å². The number of hydrogen-bond donors (Lipinski definition) is 1. The minimum absolute atomic E-state index is 0.342. The molecule has 1 unspecified atom stereocenters. The van der Waals surface area contributed by atoms with Crippen LogP contribution in [0.25, 0.3) is 0 Å². The van der Waals surface area contributed by atoms with Crippen LogP contribution in [-0.2, 0) is 9.53 Å². The van der Waals surface area contributed by atoms with E-state index in [2.05, 4.69) is 13.8 Å². The van der Waals surface area contributed by atoms with Crippen molar-refractivity contribution < 1.29 is 14.6 Å². The fourth-order valence-corrected chi connectivity index (χ4v) is 4.05. The van der Waals surface area contributed by atoms with Crippen molar-refractivity contribution in [1.29, 1.82) is 0 Å². The zero-order valence-corrected chi connectivity index (χ0v) is 20.1. The lowest BCUT2D eigenvalue weighted by molar-refractivity contribution is -0.167. The van der Waals surface area contributed by atoms with E-state index in [4.69, 9.17) is 4.74 Å². The smallest absolute Gasteiger partial charge is 0.338 e. The number of carbonyl (C=O) groups is 1. The van der Waals surface area contributed by atoms with Crippen LogP contribution in [0.5, 0.6) is 0 Å². The highest BCUT2D eigenvalue weighted by atomic mass is 16.5. The molecule has 0 aromatic carbocycles. The molecule has 0 radical (unpaired) electrons. The normalized spacial score (nSPS) is 13.4. The van der Waals surface area contributed by atoms with Crippen LogP contribution in [0.15, 0.2) is 0 Å². The highest BCUT2D eigenvalue weighted by Crippen LogP contribution is 2.25. The number of ether oxygens (including phenoxy) is 1. The van der Waals surface area contributed by atoms with E-state index in [0.29, 0.717) is 19.4 Å². The Bertz CT molecular complexity index is 356. The maximum Gasteiger partial charge on any atom is 0.338 e. The van der Waals surface area contributed by atoms with Gasteiger partial charge < -0.3 is 9.84 Å². The summed E-state index contributed by atoms with van der Waals surface area (Å²) in [5.74, 6) is -0.411. The number of carbonyl (C=O) groups excluding carboxylic acids is 1. The third kappa shape index (κ3) is 16.9. The number of unbranched alkanes of at least 4 members (excludes halogenated alkanes) is 16. The molecule has 1 N–H and O–H groups in total. The monoisotopic (exact) mass is 412 g/mol. The Kier molecular flexibility index (Phi) is 20.3. The van der Waals surface area contributed by atoms with Gasteiger partial charge in [0, 0.05) is 0 Å². The zero-order valence-electron chi connectivity index (χ0n) is 20.1. The summed E-state index contributed by atoms with van der Waals surface area (Å²) in [4.78, 5) is 12.2. The molecule has 1 atom stereocenters. The number of hydrogen-bond acceptors (Lipinski definition) is 3. The molecule has 0 heterocycles. The molecule has 0 aliphatic carbocycles. The Morgan fingerprint density at radius 3 is 1.24 bits per heavy atom. The SMILES string of the molecule is CCCCCCCCCCCCCCCCC(O)(CCCCCC)C(=O)OCC. The lowest BCUT2D eigenvalue weighted by Crippen LogP contribution is -2.40. The molecule has 0 aromatic heterocycles. The minimum atomic E-state index is -1.26. The summed E-state index contributed by atoms with van der Waals surface area (Å²) in [6.07, 6.45) is 23.8. The molecule has 0 aliphatic rings. The fourth-order valence-electron chi connectivity index (χ4n) is 4.05. The van der Waals surface area contributed by atoms with E-state index in [0.717, 1.165) is 38.5 Å². The van der Waals surface area contributed by atoms with Gasteiger partial charge in [0.2, 0.25) is 0 Å². The van der Waals surface area contributed by atoms with Gasteiger partial charge in [-0.15, -0.1) is 0 Å². The average molecular weight is 413 g/mol. The molecular weight excluding hydrogens is 360 g/mol. The van der Waals surface area contributed by atoms with Crippen molar-refractivity contribution in [3.63, 3.8) is 0 Å². The molecule has 0 aliphatic heterocycles. The first-order valence-corrected chi connectivity index (χ1v) is 13.0. The van der Waals surface area contributed by atoms with Gasteiger partial charge in [0.1, 0.15) is 0 Å². The minimum Gasteiger partial charge on any atom is -0.464 e. The lowest BCUT2D eigenvalue weighted by Gasteiger charge is -2.26. The maximum atomic E-state index is 12.2. The van der Waals surface area contributed by atoms with E-state index in [9.17, 15) is 9.90 Å². The van der Waals surface area contributed by atoms with Crippen molar-refractivity contribution in [2.24, 2.45) is 0 Å². The van der Waals surface area contributed by atoms with Crippen molar-refractivity contribution in [2.45, 2.75) is 155 Å². The Balaban J connectivity index is 3.72. The highest BCUT2D eigenvalue weighted by Gasteiger charge is 2.36. The van der Waals surface area contributed by atoms with Gasteiger partial charge in [0.05, 0.1) is 6.61 Å². The third-order valence-electron chi connectivity index (χ3n) is 6.04. The van der Waals surface area contributed by atoms with Crippen LogP contribution < -0.4 is 0 Å². The van der Waals surface area contributed by atoms with Gasteiger partial charge >= 0.3 is 5.97 Å². The Morgan fingerprint density at radius 1 is 0.586 bits per heavy atom. The summed E-state index contributed by atoms with van der Waals surface area (Å²) in [6.45, 7) is 6.60. The van der Waals surface area contributed by atoms with Crippen molar-refractivity contribution in [2.75, 3.05) is 6.61 Å². The first kappa shape index (κ1) is 28.4. The molecule has 3 heteroatoms. The highest BCUT2D eigenvalue weighted by molar-refractivity contribution is 5.79. The second-order valence-corrected chi connectivity index (χ2v) is 8.91. The first-order valence-electron chi connectivity index (χ1n) is 13.0. The quantitative estimate of drug-likeness (QED) is 0.144. The van der Waals surface area contributed by atoms with Gasteiger partial charge in [-0.2, -0.15) is 0 Å². The Hall–Kier alpha value is -0.570. The van der Waals surface area contributed by atoms with Crippen molar-refractivity contribution >= 4 is 5.97 Å². The van der Waals surface area contributed by atoms with E-state index in [1.54, 1.807) is 0 Å². The third-order valence-corrected chi connectivity index (χ3v) is 6.04. The molecule has 0 rings (SSSR count). The van der Waals surface area contributed by atoms with Crippen LogP contribution in [0.4, 0.5) is 0 Å². The second kappa shape index (κ2) is 20.7. The summed E-state index contributed by atoms with van der Waals surface area (Å²) < 4.78 is 5.14. The number of esters is 1. The van der Waals surface area contributed by atoms with E-state index >= 15 is 0 Å². The van der Waals surface area contributed by atoms with E-state index < -0.39 is 11.6 Å². The predicted octanol–water partition coefficient (Wildman–Crippen LogP) is 8.12. The van der Waals surface area contributed by atoms with Crippen LogP contribution in [0.3, 0.4) is 0 Å². The van der Waals surface area contributed by atoms with Crippen LogP contribution in [0.2, 0.25) is 0 Å². The van der Waals surface area contributed by atoms with Crippen molar-refractivity contribution in [1.82, 2.24) is 0 Å². The van der Waals surface area contributed by atoms with Crippen molar-refractivity contribution in [3.8, 4) is 0 Å². The average Bonchev–Trinajstić information content (AvgIpc) is 2.71. The summed E-state index contributed by atoms with van der Waals surface area (Å²) in [5.41, 5.74) is -1.26. The lowest BCUT2D eigenvalue weighted by atomic mass is 9.89. The summed E-state index contributed by atoms with van der Waals surface area (Å²) in [7, 11) is 0. The van der Waals surface area contributed by atoms with Gasteiger partial charge in [-0.25, -0.2) is 4.79 Å². The second-order valence-electron chi connectivity index (χ2n) is 8.91. The molecule has 0 spiro atoms. The van der Waals surface area contributed by atoms with Gasteiger partial charge in [0.15, 0.2) is 5.60 Å². The van der Waals surface area contributed by atoms with Gasteiger partial charge in [0.25, 0.3) is 0 Å².